The standard InChI is InChI=1S/C13H21BN2OS/c1-6-16(18(17)13(3,4)5)10(2)11-8-7-9-12(14)15-11/h7-10H,6H2,1-5H3. The van der Waals surface area contributed by atoms with Gasteiger partial charge in [-0.15, -0.1) is 0 Å². The van der Waals surface area contributed by atoms with E-state index in [1.54, 1.807) is 6.07 Å². The third-order valence-corrected chi connectivity index (χ3v) is 4.75. The second-order valence-electron chi connectivity index (χ2n) is 5.26. The number of hydrogen-bond acceptors (Lipinski definition) is 2. The minimum atomic E-state index is -1.06. The SMILES string of the molecule is [B]c1cccc(C(C)N(CC)S(=O)C(C)(C)C)n1. The quantitative estimate of drug-likeness (QED) is 0.776. The summed E-state index contributed by atoms with van der Waals surface area (Å²) in [5, 5.41) is 0. The van der Waals surface area contributed by atoms with Crippen molar-refractivity contribution in [2.75, 3.05) is 6.54 Å². The molecule has 0 spiro atoms. The zero-order valence-electron chi connectivity index (χ0n) is 11.8. The van der Waals surface area contributed by atoms with Gasteiger partial charge in [0.1, 0.15) is 18.8 Å². The van der Waals surface area contributed by atoms with Crippen molar-refractivity contribution < 1.29 is 4.21 Å². The van der Waals surface area contributed by atoms with Crippen molar-refractivity contribution in [3.05, 3.63) is 23.9 Å². The highest BCUT2D eigenvalue weighted by molar-refractivity contribution is 7.84. The molecule has 0 aliphatic carbocycles. The van der Waals surface area contributed by atoms with E-state index in [1.165, 1.54) is 0 Å². The lowest BCUT2D eigenvalue weighted by atomic mass is 10.0. The normalized spacial score (nSPS) is 15.7. The molecule has 0 aliphatic rings. The number of hydrogen-bond donors (Lipinski definition) is 0. The van der Waals surface area contributed by atoms with Crippen molar-refractivity contribution in [2.45, 2.75) is 45.4 Å². The molecule has 0 N–H and O–H groups in total. The molecule has 98 valence electrons. The molecule has 0 fully saturated rings. The van der Waals surface area contributed by atoms with Crippen LogP contribution in [0.4, 0.5) is 0 Å². The first-order valence-corrected chi connectivity index (χ1v) is 7.29. The molecule has 0 saturated heterocycles. The Morgan fingerprint density at radius 3 is 2.50 bits per heavy atom. The number of pyridine rings is 1. The molecule has 1 aromatic heterocycles. The second kappa shape index (κ2) is 5.98. The fraction of sp³-hybridized carbons (Fsp3) is 0.615. The molecule has 0 bridgehead atoms. The average Bonchev–Trinajstić information content (AvgIpc) is 2.28. The second-order valence-corrected chi connectivity index (χ2v) is 7.45. The Bertz CT molecular complexity index is 431. The first kappa shape index (κ1) is 15.4. The highest BCUT2D eigenvalue weighted by Crippen LogP contribution is 2.25. The number of rotatable bonds is 4. The van der Waals surface area contributed by atoms with Gasteiger partial charge in [-0.05, 0) is 39.4 Å². The van der Waals surface area contributed by atoms with Gasteiger partial charge in [0.2, 0.25) is 0 Å². The Morgan fingerprint density at radius 1 is 1.44 bits per heavy atom. The molecule has 0 aromatic carbocycles. The maximum absolute atomic E-state index is 12.5. The monoisotopic (exact) mass is 264 g/mol. The largest absolute Gasteiger partial charge is 0.268 e. The Morgan fingerprint density at radius 2 is 2.06 bits per heavy atom. The smallest absolute Gasteiger partial charge is 0.141 e. The van der Waals surface area contributed by atoms with Crippen LogP contribution in [0.3, 0.4) is 0 Å². The average molecular weight is 264 g/mol. The van der Waals surface area contributed by atoms with Crippen LogP contribution in [0.1, 0.15) is 46.4 Å². The molecule has 0 aliphatic heterocycles. The molecule has 1 rings (SSSR count). The first-order chi connectivity index (χ1) is 8.27. The third kappa shape index (κ3) is 3.66. The molecule has 0 saturated carbocycles. The Hall–Kier alpha value is -0.675. The summed E-state index contributed by atoms with van der Waals surface area (Å²) in [6.45, 7) is 10.7. The van der Waals surface area contributed by atoms with E-state index in [0.29, 0.717) is 12.1 Å². The predicted octanol–water partition coefficient (Wildman–Crippen LogP) is 1.72. The summed E-state index contributed by atoms with van der Waals surface area (Å²) in [7, 11) is 4.63. The van der Waals surface area contributed by atoms with Gasteiger partial charge in [-0.2, -0.15) is 0 Å². The highest BCUT2D eigenvalue weighted by Gasteiger charge is 2.29. The van der Waals surface area contributed by atoms with Gasteiger partial charge in [0.25, 0.3) is 0 Å². The molecule has 18 heavy (non-hydrogen) atoms. The van der Waals surface area contributed by atoms with Crippen LogP contribution in [0, 0.1) is 0 Å². The van der Waals surface area contributed by atoms with Crippen LogP contribution in [-0.4, -0.2) is 32.6 Å². The molecular formula is C13H21BN2OS. The van der Waals surface area contributed by atoms with Gasteiger partial charge in [0, 0.05) is 6.54 Å². The van der Waals surface area contributed by atoms with Crippen LogP contribution < -0.4 is 5.59 Å². The van der Waals surface area contributed by atoms with Crippen LogP contribution >= 0.6 is 0 Å². The molecule has 2 radical (unpaired) electrons. The van der Waals surface area contributed by atoms with E-state index in [1.807, 2.05) is 51.1 Å². The van der Waals surface area contributed by atoms with E-state index in [-0.39, 0.29) is 10.8 Å². The summed E-state index contributed by atoms with van der Waals surface area (Å²) in [4.78, 5) is 4.31. The number of aromatic nitrogens is 1. The Kier molecular flexibility index (Phi) is 5.11. The van der Waals surface area contributed by atoms with Gasteiger partial charge in [0.05, 0.1) is 16.5 Å². The van der Waals surface area contributed by atoms with Crippen molar-refractivity contribution in [3.63, 3.8) is 0 Å². The lowest BCUT2D eigenvalue weighted by Crippen LogP contribution is -2.39. The lowest BCUT2D eigenvalue weighted by molar-refractivity contribution is 0.366. The molecule has 1 heterocycles. The van der Waals surface area contributed by atoms with E-state index in [2.05, 4.69) is 4.98 Å². The molecule has 0 amide bonds. The van der Waals surface area contributed by atoms with Crippen molar-refractivity contribution in [1.82, 2.24) is 9.29 Å². The summed E-state index contributed by atoms with van der Waals surface area (Å²) in [6.07, 6.45) is 0. The van der Waals surface area contributed by atoms with Crippen LogP contribution in [0.2, 0.25) is 0 Å². The highest BCUT2D eigenvalue weighted by atomic mass is 32.2. The molecular weight excluding hydrogens is 243 g/mol. The minimum Gasteiger partial charge on any atom is -0.268 e. The zero-order valence-corrected chi connectivity index (χ0v) is 12.6. The van der Waals surface area contributed by atoms with Crippen LogP contribution in [0.5, 0.6) is 0 Å². The van der Waals surface area contributed by atoms with Crippen molar-refractivity contribution in [1.29, 1.82) is 0 Å². The van der Waals surface area contributed by atoms with E-state index >= 15 is 0 Å². The maximum Gasteiger partial charge on any atom is 0.141 e. The third-order valence-electron chi connectivity index (χ3n) is 2.70. The molecule has 1 aromatic rings. The fourth-order valence-electron chi connectivity index (χ4n) is 1.74. The summed E-state index contributed by atoms with van der Waals surface area (Å²) in [5.41, 5.74) is 1.35. The van der Waals surface area contributed by atoms with Crippen LogP contribution in [0.15, 0.2) is 18.2 Å². The fourth-order valence-corrected chi connectivity index (χ4v) is 3.07. The Balaban J connectivity index is 2.99. The van der Waals surface area contributed by atoms with Gasteiger partial charge in [-0.1, -0.05) is 19.1 Å². The van der Waals surface area contributed by atoms with Gasteiger partial charge in [-0.3, -0.25) is 4.98 Å². The van der Waals surface area contributed by atoms with E-state index in [9.17, 15) is 4.21 Å². The van der Waals surface area contributed by atoms with Crippen molar-refractivity contribution in [2.24, 2.45) is 0 Å². The minimum absolute atomic E-state index is 0.0152. The first-order valence-electron chi connectivity index (χ1n) is 6.18. The summed E-state index contributed by atoms with van der Waals surface area (Å²) >= 11 is 0. The van der Waals surface area contributed by atoms with Crippen LogP contribution in [0.25, 0.3) is 0 Å². The Labute approximate surface area is 114 Å². The molecule has 2 atom stereocenters. The topological polar surface area (TPSA) is 33.2 Å². The summed E-state index contributed by atoms with van der Waals surface area (Å²) in [6, 6.07) is 5.54. The summed E-state index contributed by atoms with van der Waals surface area (Å²) in [5.74, 6) is 0. The van der Waals surface area contributed by atoms with Crippen molar-refractivity contribution in [3.8, 4) is 0 Å². The molecule has 2 unspecified atom stereocenters. The number of nitrogens with zero attached hydrogens (tertiary/aromatic N) is 2. The maximum atomic E-state index is 12.5. The van der Waals surface area contributed by atoms with E-state index < -0.39 is 11.0 Å². The zero-order chi connectivity index (χ0) is 13.9. The van der Waals surface area contributed by atoms with Crippen molar-refractivity contribution >= 4 is 24.4 Å². The predicted molar refractivity (Wildman–Crippen MR) is 78.3 cm³/mol. The van der Waals surface area contributed by atoms with Gasteiger partial charge in [0.15, 0.2) is 0 Å². The van der Waals surface area contributed by atoms with Gasteiger partial charge in [-0.25, -0.2) is 8.51 Å². The molecule has 5 heteroatoms. The van der Waals surface area contributed by atoms with E-state index in [0.717, 1.165) is 5.69 Å². The van der Waals surface area contributed by atoms with E-state index in [4.69, 9.17) is 7.85 Å². The van der Waals surface area contributed by atoms with Crippen LogP contribution in [-0.2, 0) is 11.0 Å². The van der Waals surface area contributed by atoms with Gasteiger partial charge >= 0.3 is 0 Å². The lowest BCUT2D eigenvalue weighted by Gasteiger charge is -2.32. The molecule has 3 nitrogen and oxygen atoms in total. The summed E-state index contributed by atoms with van der Waals surface area (Å²) < 4.78 is 14.1. The van der Waals surface area contributed by atoms with Gasteiger partial charge < -0.3 is 0 Å².